The lowest BCUT2D eigenvalue weighted by Gasteiger charge is -2.25. The summed E-state index contributed by atoms with van der Waals surface area (Å²) in [6.45, 7) is 2.30. The van der Waals surface area contributed by atoms with Crippen LogP contribution in [-0.4, -0.2) is 19.9 Å². The van der Waals surface area contributed by atoms with E-state index in [2.05, 4.69) is 158 Å². The molecule has 0 spiro atoms. The largest absolute Gasteiger partial charge is 0.264 e. The molecule has 0 amide bonds. The molecule has 262 valence electrons. The Balaban J connectivity index is 1.19. The highest BCUT2D eigenvalue weighted by atomic mass is 15.0. The van der Waals surface area contributed by atoms with Crippen LogP contribution in [0.4, 0.5) is 0 Å². The molecular weight excluding hydrogens is 669 g/mol. The highest BCUT2D eigenvalue weighted by Crippen LogP contribution is 2.44. The normalized spacial score (nSPS) is 14.9. The van der Waals surface area contributed by atoms with Crippen molar-refractivity contribution in [2.24, 2.45) is 5.92 Å². The van der Waals surface area contributed by atoms with E-state index in [4.69, 9.17) is 15.0 Å². The van der Waals surface area contributed by atoms with Crippen LogP contribution >= 0.6 is 0 Å². The van der Waals surface area contributed by atoms with Gasteiger partial charge >= 0.3 is 0 Å². The molecule has 9 rings (SSSR count). The summed E-state index contributed by atoms with van der Waals surface area (Å²) in [5.41, 5.74) is 13.3. The first-order chi connectivity index (χ1) is 27.2. The second-order valence-electron chi connectivity index (χ2n) is 13.9. The molecule has 2 unspecified atom stereocenters. The molecule has 1 aliphatic rings. The van der Waals surface area contributed by atoms with Crippen LogP contribution in [-0.2, 0) is 0 Å². The van der Waals surface area contributed by atoms with Gasteiger partial charge in [-0.25, -0.2) is 15.0 Å². The quantitative estimate of drug-likeness (QED) is 0.158. The van der Waals surface area contributed by atoms with Gasteiger partial charge in [0.15, 0.2) is 17.5 Å². The Bertz CT molecular complexity index is 2570. The average molecular weight is 707 g/mol. The van der Waals surface area contributed by atoms with E-state index < -0.39 is 0 Å². The second kappa shape index (κ2) is 15.1. The standard InChI is InChI=1S/C51H38N4/c1-35-15-11-12-25-45(35)44-32-46(36-16-5-2-6-17-36)48(47(33-44)37-18-7-3-8-19-37)38-26-28-40(29-27-38)50-53-49(39-20-9-4-10-21-39)54-51(55-50)42-23-13-22-41(31-42)43-24-14-30-52-34-43/h2-35,45H,1H3. The minimum Gasteiger partial charge on any atom is -0.264 e. The van der Waals surface area contributed by atoms with Crippen molar-refractivity contribution in [1.82, 2.24) is 19.9 Å². The molecule has 2 atom stereocenters. The number of nitrogens with zero attached hydrogens (tertiary/aromatic N) is 4. The highest BCUT2D eigenvalue weighted by Gasteiger charge is 2.23. The molecule has 0 radical (unpaired) electrons. The van der Waals surface area contributed by atoms with Gasteiger partial charge in [0.05, 0.1) is 0 Å². The predicted octanol–water partition coefficient (Wildman–Crippen LogP) is 12.8. The van der Waals surface area contributed by atoms with Crippen LogP contribution in [0.5, 0.6) is 0 Å². The zero-order valence-corrected chi connectivity index (χ0v) is 30.5. The molecule has 55 heavy (non-hydrogen) atoms. The van der Waals surface area contributed by atoms with Gasteiger partial charge in [-0.3, -0.25) is 4.98 Å². The number of aromatic nitrogens is 4. The number of pyridine rings is 1. The van der Waals surface area contributed by atoms with Crippen LogP contribution in [0, 0.1) is 5.92 Å². The lowest BCUT2D eigenvalue weighted by atomic mass is 9.79. The first-order valence-electron chi connectivity index (χ1n) is 18.7. The molecule has 1 aliphatic carbocycles. The third kappa shape index (κ3) is 7.06. The molecule has 0 fully saturated rings. The van der Waals surface area contributed by atoms with Gasteiger partial charge in [0, 0.05) is 40.6 Å². The lowest BCUT2D eigenvalue weighted by molar-refractivity contribution is 0.636. The van der Waals surface area contributed by atoms with E-state index in [1.807, 2.05) is 48.7 Å². The zero-order valence-electron chi connectivity index (χ0n) is 30.5. The van der Waals surface area contributed by atoms with Crippen molar-refractivity contribution >= 4 is 0 Å². The van der Waals surface area contributed by atoms with Gasteiger partial charge in [-0.2, -0.15) is 0 Å². The first-order valence-corrected chi connectivity index (χ1v) is 18.7. The minimum absolute atomic E-state index is 0.285. The number of benzene rings is 6. The van der Waals surface area contributed by atoms with Crippen LogP contribution in [0.15, 0.2) is 200 Å². The fraction of sp³-hybridized carbons (Fsp3) is 0.0588. The van der Waals surface area contributed by atoms with Gasteiger partial charge in [0.25, 0.3) is 0 Å². The molecule has 4 heteroatoms. The summed E-state index contributed by atoms with van der Waals surface area (Å²) in [5, 5.41) is 0. The van der Waals surface area contributed by atoms with Gasteiger partial charge < -0.3 is 0 Å². The smallest absolute Gasteiger partial charge is 0.164 e. The third-order valence-corrected chi connectivity index (χ3v) is 10.3. The summed E-state index contributed by atoms with van der Waals surface area (Å²) in [5.74, 6) is 2.55. The van der Waals surface area contributed by atoms with Crippen molar-refractivity contribution in [3.8, 4) is 78.7 Å². The maximum absolute atomic E-state index is 5.09. The monoisotopic (exact) mass is 706 g/mol. The molecule has 0 aliphatic heterocycles. The fourth-order valence-electron chi connectivity index (χ4n) is 7.50. The lowest BCUT2D eigenvalue weighted by Crippen LogP contribution is -2.08. The maximum atomic E-state index is 5.09. The van der Waals surface area contributed by atoms with Gasteiger partial charge in [0.1, 0.15) is 0 Å². The van der Waals surface area contributed by atoms with E-state index in [1.165, 1.54) is 33.4 Å². The van der Waals surface area contributed by atoms with Gasteiger partial charge in [-0.15, -0.1) is 0 Å². The average Bonchev–Trinajstić information content (AvgIpc) is 3.27. The topological polar surface area (TPSA) is 51.6 Å². The van der Waals surface area contributed by atoms with Crippen LogP contribution in [0.25, 0.3) is 78.7 Å². The van der Waals surface area contributed by atoms with Crippen molar-refractivity contribution in [1.29, 1.82) is 0 Å². The summed E-state index contributed by atoms with van der Waals surface area (Å²) in [4.78, 5) is 19.4. The molecule has 0 bridgehead atoms. The summed E-state index contributed by atoms with van der Waals surface area (Å²) < 4.78 is 0. The first kappa shape index (κ1) is 33.8. The van der Waals surface area contributed by atoms with Crippen LogP contribution in [0.3, 0.4) is 0 Å². The minimum atomic E-state index is 0.285. The Morgan fingerprint density at radius 2 is 0.891 bits per heavy atom. The molecule has 0 N–H and O–H groups in total. The Morgan fingerprint density at radius 3 is 1.47 bits per heavy atom. The molecule has 2 aromatic heterocycles. The summed E-state index contributed by atoms with van der Waals surface area (Å²) in [6, 6.07) is 57.5. The van der Waals surface area contributed by atoms with Gasteiger partial charge in [0.2, 0.25) is 0 Å². The van der Waals surface area contributed by atoms with E-state index in [0.717, 1.165) is 33.4 Å². The summed E-state index contributed by atoms with van der Waals surface area (Å²) >= 11 is 0. The third-order valence-electron chi connectivity index (χ3n) is 10.3. The van der Waals surface area contributed by atoms with Crippen LogP contribution in [0.1, 0.15) is 18.4 Å². The maximum Gasteiger partial charge on any atom is 0.164 e. The van der Waals surface area contributed by atoms with E-state index in [0.29, 0.717) is 23.4 Å². The number of allylic oxidation sites excluding steroid dienone is 4. The van der Waals surface area contributed by atoms with E-state index >= 15 is 0 Å². The fourth-order valence-corrected chi connectivity index (χ4v) is 7.50. The molecule has 2 heterocycles. The van der Waals surface area contributed by atoms with E-state index in [1.54, 1.807) is 6.20 Å². The van der Waals surface area contributed by atoms with Crippen LogP contribution in [0.2, 0.25) is 0 Å². The molecule has 0 saturated carbocycles. The van der Waals surface area contributed by atoms with Crippen molar-refractivity contribution in [2.75, 3.05) is 0 Å². The van der Waals surface area contributed by atoms with E-state index in [-0.39, 0.29) is 5.92 Å². The molecule has 8 aromatic rings. The van der Waals surface area contributed by atoms with Gasteiger partial charge in [-0.05, 0) is 74.7 Å². The Hall–Kier alpha value is -7.04. The number of rotatable bonds is 8. The Kier molecular flexibility index (Phi) is 9.29. The van der Waals surface area contributed by atoms with Crippen molar-refractivity contribution in [3.05, 3.63) is 206 Å². The molecule has 4 nitrogen and oxygen atoms in total. The van der Waals surface area contributed by atoms with Crippen LogP contribution < -0.4 is 0 Å². The van der Waals surface area contributed by atoms with Gasteiger partial charge in [-0.1, -0.05) is 171 Å². The Morgan fingerprint density at radius 1 is 0.400 bits per heavy atom. The number of hydrogen-bond acceptors (Lipinski definition) is 4. The summed E-state index contributed by atoms with van der Waals surface area (Å²) in [6.07, 6.45) is 12.6. The zero-order chi connectivity index (χ0) is 37.0. The molecular formula is C51H38N4. The summed E-state index contributed by atoms with van der Waals surface area (Å²) in [7, 11) is 0. The Labute approximate surface area is 322 Å². The number of hydrogen-bond donors (Lipinski definition) is 0. The second-order valence-corrected chi connectivity index (χ2v) is 13.9. The van der Waals surface area contributed by atoms with Crippen molar-refractivity contribution in [2.45, 2.75) is 12.8 Å². The van der Waals surface area contributed by atoms with Crippen molar-refractivity contribution in [3.63, 3.8) is 0 Å². The molecule has 0 saturated heterocycles. The highest BCUT2D eigenvalue weighted by molar-refractivity contribution is 5.95. The molecule has 6 aromatic carbocycles. The van der Waals surface area contributed by atoms with Crippen molar-refractivity contribution < 1.29 is 0 Å². The van der Waals surface area contributed by atoms with E-state index in [9.17, 15) is 0 Å². The SMILES string of the molecule is CC1C=CC=CC1c1cc(-c2ccccc2)c(-c2ccc(-c3nc(-c4ccccc4)nc(-c4cccc(-c5cccnc5)c4)n3)cc2)c(-c2ccccc2)c1. The predicted molar refractivity (Wildman–Crippen MR) is 226 cm³/mol.